The van der Waals surface area contributed by atoms with E-state index in [1.54, 1.807) is 19.0 Å². The molecule has 1 amide bonds. The van der Waals surface area contributed by atoms with Crippen LogP contribution in [0.4, 0.5) is 5.82 Å². The van der Waals surface area contributed by atoms with Gasteiger partial charge in [-0.25, -0.2) is 9.98 Å². The summed E-state index contributed by atoms with van der Waals surface area (Å²) >= 11 is 0. The van der Waals surface area contributed by atoms with E-state index < -0.39 is 0 Å². The number of nitrogens with zero attached hydrogens (tertiary/aromatic N) is 5. The summed E-state index contributed by atoms with van der Waals surface area (Å²) in [5, 5.41) is 7.11. The van der Waals surface area contributed by atoms with Gasteiger partial charge >= 0.3 is 0 Å². The van der Waals surface area contributed by atoms with Crippen molar-refractivity contribution in [2.24, 2.45) is 4.99 Å². The van der Waals surface area contributed by atoms with E-state index in [1.165, 1.54) is 19.4 Å². The number of carbonyl (C=O) groups is 1. The van der Waals surface area contributed by atoms with E-state index in [9.17, 15) is 4.79 Å². The number of piperidine rings is 1. The summed E-state index contributed by atoms with van der Waals surface area (Å²) in [5.41, 5.74) is 1.05. The van der Waals surface area contributed by atoms with Gasteiger partial charge in [-0.2, -0.15) is 0 Å². The number of amides is 1. The van der Waals surface area contributed by atoms with Crippen LogP contribution in [0.2, 0.25) is 0 Å². The molecule has 2 N–H and O–H groups in total. The lowest BCUT2D eigenvalue weighted by Gasteiger charge is -2.34. The normalized spacial score (nSPS) is 20.1. The van der Waals surface area contributed by atoms with Crippen molar-refractivity contribution in [3.63, 3.8) is 0 Å². The van der Waals surface area contributed by atoms with Gasteiger partial charge in [-0.1, -0.05) is 13.0 Å². The Morgan fingerprint density at radius 3 is 2.62 bits per heavy atom. The molecule has 1 unspecified atom stereocenters. The van der Waals surface area contributed by atoms with E-state index in [2.05, 4.69) is 49.5 Å². The molecule has 0 spiro atoms. The molecule has 2 saturated heterocycles. The summed E-state index contributed by atoms with van der Waals surface area (Å²) in [7, 11) is 3.54. The SMILES string of the molecule is CCN1CCCC1CNC(=NCC(=O)N(C)C)NC1CCN(c2cccc(C)n2)CC1.I. The highest BCUT2D eigenvalue weighted by Crippen LogP contribution is 2.18. The van der Waals surface area contributed by atoms with Crippen molar-refractivity contribution in [2.45, 2.75) is 51.6 Å². The Kier molecular flexibility index (Phi) is 11.0. The standard InChI is InChI=1S/C23H39N7O.HI/c1-5-29-13-7-9-20(29)16-24-23(25-17-22(31)28(3)4)27-19-11-14-30(15-12-19)21-10-6-8-18(2)26-21;/h6,8,10,19-20H,5,7,9,11-17H2,1-4H3,(H2,24,25,27);1H. The number of halogens is 1. The van der Waals surface area contributed by atoms with Gasteiger partial charge < -0.3 is 20.4 Å². The number of anilines is 1. The van der Waals surface area contributed by atoms with Crippen molar-refractivity contribution in [3.05, 3.63) is 23.9 Å². The van der Waals surface area contributed by atoms with Crippen molar-refractivity contribution in [2.75, 3.05) is 58.3 Å². The molecule has 1 aromatic heterocycles. The first-order valence-electron chi connectivity index (χ1n) is 11.6. The number of likely N-dealkylation sites (tertiary alicyclic amines) is 1. The van der Waals surface area contributed by atoms with E-state index in [1.807, 2.05) is 13.0 Å². The van der Waals surface area contributed by atoms with E-state index in [4.69, 9.17) is 0 Å². The summed E-state index contributed by atoms with van der Waals surface area (Å²) in [4.78, 5) is 27.8. The molecule has 3 heterocycles. The van der Waals surface area contributed by atoms with Gasteiger partial charge in [0.05, 0.1) is 0 Å². The summed E-state index contributed by atoms with van der Waals surface area (Å²) in [5.74, 6) is 1.82. The zero-order valence-electron chi connectivity index (χ0n) is 20.0. The molecular weight excluding hydrogens is 517 g/mol. The zero-order chi connectivity index (χ0) is 22.2. The fourth-order valence-electron chi connectivity index (χ4n) is 4.35. The first-order chi connectivity index (χ1) is 15.0. The van der Waals surface area contributed by atoms with E-state index in [0.29, 0.717) is 12.1 Å². The van der Waals surface area contributed by atoms with Gasteiger partial charge in [0.15, 0.2) is 5.96 Å². The second-order valence-corrected chi connectivity index (χ2v) is 8.80. The number of carbonyl (C=O) groups excluding carboxylic acids is 1. The van der Waals surface area contributed by atoms with Gasteiger partial charge in [0, 0.05) is 51.5 Å². The Morgan fingerprint density at radius 1 is 1.22 bits per heavy atom. The van der Waals surface area contributed by atoms with Crippen molar-refractivity contribution in [3.8, 4) is 0 Å². The molecule has 1 aromatic rings. The highest BCUT2D eigenvalue weighted by Gasteiger charge is 2.24. The molecule has 9 heteroatoms. The molecule has 2 aliphatic heterocycles. The lowest BCUT2D eigenvalue weighted by atomic mass is 10.1. The van der Waals surface area contributed by atoms with Crippen LogP contribution in [0, 0.1) is 6.92 Å². The smallest absolute Gasteiger partial charge is 0.243 e. The minimum Gasteiger partial charge on any atom is -0.356 e. The molecule has 8 nitrogen and oxygen atoms in total. The molecule has 180 valence electrons. The predicted molar refractivity (Wildman–Crippen MR) is 142 cm³/mol. The number of aryl methyl sites for hydroxylation is 1. The van der Waals surface area contributed by atoms with Crippen LogP contribution in [-0.4, -0.2) is 92.1 Å². The fourth-order valence-corrected chi connectivity index (χ4v) is 4.35. The molecule has 0 aliphatic carbocycles. The second kappa shape index (κ2) is 13.2. The second-order valence-electron chi connectivity index (χ2n) is 8.80. The Hall–Kier alpha value is -1.62. The van der Waals surface area contributed by atoms with E-state index in [-0.39, 0.29) is 36.4 Å². The number of likely N-dealkylation sites (N-methyl/N-ethyl adjacent to an activating group) is 2. The third kappa shape index (κ3) is 7.75. The van der Waals surface area contributed by atoms with Crippen LogP contribution in [0.25, 0.3) is 0 Å². The Balaban J connectivity index is 0.00000363. The van der Waals surface area contributed by atoms with Crippen LogP contribution in [-0.2, 0) is 4.79 Å². The third-order valence-corrected chi connectivity index (χ3v) is 6.32. The topological polar surface area (TPSA) is 76.1 Å². The summed E-state index contributed by atoms with van der Waals surface area (Å²) in [6.07, 6.45) is 4.50. The quantitative estimate of drug-likeness (QED) is 0.304. The maximum absolute atomic E-state index is 12.1. The summed E-state index contributed by atoms with van der Waals surface area (Å²) in [6, 6.07) is 7.07. The number of hydrogen-bond acceptors (Lipinski definition) is 5. The van der Waals surface area contributed by atoms with E-state index >= 15 is 0 Å². The lowest BCUT2D eigenvalue weighted by Crippen LogP contribution is -2.51. The van der Waals surface area contributed by atoms with Crippen molar-refractivity contribution in [1.29, 1.82) is 0 Å². The highest BCUT2D eigenvalue weighted by molar-refractivity contribution is 14.0. The highest BCUT2D eigenvalue weighted by atomic mass is 127. The summed E-state index contributed by atoms with van der Waals surface area (Å²) in [6.45, 7) is 9.46. The monoisotopic (exact) mass is 557 g/mol. The number of hydrogen-bond donors (Lipinski definition) is 2. The zero-order valence-corrected chi connectivity index (χ0v) is 22.3. The molecule has 3 rings (SSSR count). The molecule has 2 fully saturated rings. The van der Waals surface area contributed by atoms with Crippen LogP contribution < -0.4 is 15.5 Å². The van der Waals surface area contributed by atoms with Crippen molar-refractivity contribution < 1.29 is 4.79 Å². The first kappa shape index (κ1) is 26.6. The number of nitrogens with one attached hydrogen (secondary N) is 2. The van der Waals surface area contributed by atoms with Crippen LogP contribution in [0.5, 0.6) is 0 Å². The molecular formula is C23H40IN7O. The van der Waals surface area contributed by atoms with E-state index in [0.717, 1.165) is 56.5 Å². The maximum atomic E-state index is 12.1. The maximum Gasteiger partial charge on any atom is 0.243 e. The molecule has 0 saturated carbocycles. The number of aliphatic imine (C=N–C) groups is 1. The Bertz CT molecular complexity index is 750. The molecule has 2 aliphatic rings. The third-order valence-electron chi connectivity index (χ3n) is 6.32. The Morgan fingerprint density at radius 2 is 1.97 bits per heavy atom. The van der Waals surface area contributed by atoms with Crippen LogP contribution in [0.3, 0.4) is 0 Å². The first-order valence-corrected chi connectivity index (χ1v) is 11.6. The number of rotatable bonds is 7. The molecule has 32 heavy (non-hydrogen) atoms. The van der Waals surface area contributed by atoms with Gasteiger partial charge in [0.1, 0.15) is 12.4 Å². The van der Waals surface area contributed by atoms with Gasteiger partial charge in [0.2, 0.25) is 5.91 Å². The van der Waals surface area contributed by atoms with Crippen LogP contribution in [0.15, 0.2) is 23.2 Å². The molecule has 1 atom stereocenters. The van der Waals surface area contributed by atoms with Gasteiger partial charge in [-0.3, -0.25) is 9.69 Å². The molecule has 0 radical (unpaired) electrons. The summed E-state index contributed by atoms with van der Waals surface area (Å²) < 4.78 is 0. The molecule has 0 bridgehead atoms. The van der Waals surface area contributed by atoms with Gasteiger partial charge in [0.25, 0.3) is 0 Å². The number of pyridine rings is 1. The lowest BCUT2D eigenvalue weighted by molar-refractivity contribution is -0.127. The largest absolute Gasteiger partial charge is 0.356 e. The molecule has 0 aromatic carbocycles. The van der Waals surface area contributed by atoms with Crippen molar-refractivity contribution in [1.82, 2.24) is 25.4 Å². The number of aromatic nitrogens is 1. The van der Waals surface area contributed by atoms with Crippen LogP contribution in [0.1, 0.15) is 38.3 Å². The fraction of sp³-hybridized carbons (Fsp3) is 0.696. The van der Waals surface area contributed by atoms with Crippen LogP contribution >= 0.6 is 24.0 Å². The Labute approximate surface area is 210 Å². The van der Waals surface area contributed by atoms with Gasteiger partial charge in [-0.15, -0.1) is 24.0 Å². The number of guanidine groups is 1. The predicted octanol–water partition coefficient (Wildman–Crippen LogP) is 2.08. The van der Waals surface area contributed by atoms with Gasteiger partial charge in [-0.05, 0) is 57.8 Å². The minimum absolute atomic E-state index is 0. The van der Waals surface area contributed by atoms with Crippen molar-refractivity contribution >= 4 is 41.7 Å². The average molecular weight is 558 g/mol. The average Bonchev–Trinajstić information content (AvgIpc) is 3.23. The minimum atomic E-state index is 0.